The lowest BCUT2D eigenvalue weighted by molar-refractivity contribution is -0.143. The van der Waals surface area contributed by atoms with Gasteiger partial charge in [-0.15, -0.1) is 11.3 Å². The summed E-state index contributed by atoms with van der Waals surface area (Å²) in [6, 6.07) is 12.1. The van der Waals surface area contributed by atoms with E-state index in [1.807, 2.05) is 23.6 Å². The summed E-state index contributed by atoms with van der Waals surface area (Å²) in [5, 5.41) is 1.89. The van der Waals surface area contributed by atoms with Gasteiger partial charge in [-0.1, -0.05) is 24.3 Å². The fourth-order valence-corrected chi connectivity index (χ4v) is 5.23. The minimum absolute atomic E-state index is 0.0532. The number of hydrogen-bond acceptors (Lipinski definition) is 6. The Kier molecular flexibility index (Phi) is 6.08. The van der Waals surface area contributed by atoms with E-state index in [0.29, 0.717) is 12.1 Å². The highest BCUT2D eigenvalue weighted by molar-refractivity contribution is 7.91. The number of esters is 1. The van der Waals surface area contributed by atoms with Crippen LogP contribution in [0.25, 0.3) is 6.08 Å². The van der Waals surface area contributed by atoms with Gasteiger partial charge in [0.1, 0.15) is 0 Å². The molecular formula is C19H19NO5S2. The zero-order valence-corrected chi connectivity index (χ0v) is 16.1. The zero-order chi connectivity index (χ0) is 19.3. The summed E-state index contributed by atoms with van der Waals surface area (Å²) < 4.78 is 28.7. The van der Waals surface area contributed by atoms with E-state index in [1.165, 1.54) is 22.3 Å². The summed E-state index contributed by atoms with van der Waals surface area (Å²) in [6.45, 7) is -0.445. The minimum Gasteiger partial charge on any atom is -0.452 e. The molecule has 27 heavy (non-hydrogen) atoms. The first-order valence-electron chi connectivity index (χ1n) is 8.40. The first kappa shape index (κ1) is 19.3. The number of thiophene rings is 1. The molecule has 142 valence electrons. The first-order chi connectivity index (χ1) is 12.9. The van der Waals surface area contributed by atoms with Crippen molar-refractivity contribution in [3.63, 3.8) is 0 Å². The molecule has 6 nitrogen and oxygen atoms in total. The zero-order valence-electron chi connectivity index (χ0n) is 14.5. The standard InChI is InChI=1S/C19H19NO5S2/c21-18(13-25-19(22)9-8-17-7-4-11-26-17)20(15-5-2-1-3-6-15)16-10-12-27(23,24)14-16/h1-9,11,16H,10,12-14H2/b9-8+/t16-/m1/s1. The van der Waals surface area contributed by atoms with Crippen LogP contribution in [0, 0.1) is 0 Å². The predicted molar refractivity (Wildman–Crippen MR) is 105 cm³/mol. The lowest BCUT2D eigenvalue weighted by Gasteiger charge is -2.28. The molecule has 3 rings (SSSR count). The molecule has 0 radical (unpaired) electrons. The number of ether oxygens (including phenoxy) is 1. The molecule has 0 bridgehead atoms. The number of rotatable bonds is 6. The smallest absolute Gasteiger partial charge is 0.331 e. The average molecular weight is 405 g/mol. The van der Waals surface area contributed by atoms with Gasteiger partial charge >= 0.3 is 5.97 Å². The molecule has 0 N–H and O–H groups in total. The van der Waals surface area contributed by atoms with Crippen LogP contribution in [0.1, 0.15) is 11.3 Å². The van der Waals surface area contributed by atoms with Crippen molar-refractivity contribution in [2.45, 2.75) is 12.5 Å². The van der Waals surface area contributed by atoms with Crippen molar-refractivity contribution in [1.82, 2.24) is 0 Å². The van der Waals surface area contributed by atoms with Crippen LogP contribution in [0.2, 0.25) is 0 Å². The third-order valence-corrected chi connectivity index (χ3v) is 6.73. The van der Waals surface area contributed by atoms with E-state index in [1.54, 1.807) is 30.3 Å². The van der Waals surface area contributed by atoms with Gasteiger partial charge in [0.05, 0.1) is 17.5 Å². The molecule has 8 heteroatoms. The summed E-state index contributed by atoms with van der Waals surface area (Å²) in [5.74, 6) is -1.10. The maximum Gasteiger partial charge on any atom is 0.331 e. The van der Waals surface area contributed by atoms with Gasteiger partial charge in [-0.2, -0.15) is 0 Å². The summed E-state index contributed by atoms with van der Waals surface area (Å²) >= 11 is 1.48. The van der Waals surface area contributed by atoms with Crippen molar-refractivity contribution >= 4 is 44.8 Å². The van der Waals surface area contributed by atoms with E-state index in [0.717, 1.165) is 4.88 Å². The van der Waals surface area contributed by atoms with Crippen LogP contribution in [0.3, 0.4) is 0 Å². The summed E-state index contributed by atoms with van der Waals surface area (Å²) in [7, 11) is -3.16. The van der Waals surface area contributed by atoms with Gasteiger partial charge in [-0.05, 0) is 36.1 Å². The van der Waals surface area contributed by atoms with Crippen LogP contribution in [-0.4, -0.2) is 44.4 Å². The van der Waals surface area contributed by atoms with Crippen molar-refractivity contribution in [3.8, 4) is 0 Å². The number of nitrogens with zero attached hydrogens (tertiary/aromatic N) is 1. The lowest BCUT2D eigenvalue weighted by Crippen LogP contribution is -2.43. The minimum atomic E-state index is -3.16. The molecule has 2 aromatic rings. The predicted octanol–water partition coefficient (Wildman–Crippen LogP) is 2.52. The number of para-hydroxylation sites is 1. The van der Waals surface area contributed by atoms with E-state index in [4.69, 9.17) is 4.74 Å². The quantitative estimate of drug-likeness (QED) is 0.545. The Labute approximate surface area is 162 Å². The molecule has 0 spiro atoms. The van der Waals surface area contributed by atoms with E-state index in [9.17, 15) is 18.0 Å². The molecule has 1 saturated heterocycles. The Bertz CT molecular complexity index is 920. The molecule has 0 aliphatic carbocycles. The second-order valence-electron chi connectivity index (χ2n) is 6.11. The van der Waals surface area contributed by atoms with Crippen LogP contribution in [0.15, 0.2) is 53.9 Å². The van der Waals surface area contributed by atoms with E-state index in [2.05, 4.69) is 0 Å². The summed E-state index contributed by atoms with van der Waals surface area (Å²) in [4.78, 5) is 26.9. The normalized spacial score (nSPS) is 18.4. The summed E-state index contributed by atoms with van der Waals surface area (Å²) in [5.41, 5.74) is 0.592. The van der Waals surface area contributed by atoms with Crippen molar-refractivity contribution in [3.05, 3.63) is 58.8 Å². The van der Waals surface area contributed by atoms with Crippen LogP contribution in [-0.2, 0) is 24.2 Å². The topological polar surface area (TPSA) is 80.8 Å². The Morgan fingerprint density at radius 2 is 1.96 bits per heavy atom. The van der Waals surface area contributed by atoms with Gasteiger partial charge in [-0.3, -0.25) is 4.79 Å². The molecule has 1 aliphatic rings. The molecule has 1 aromatic heterocycles. The van der Waals surface area contributed by atoms with Crippen LogP contribution >= 0.6 is 11.3 Å². The maximum absolute atomic E-state index is 12.7. The third kappa shape index (κ3) is 5.27. The molecule has 1 aromatic carbocycles. The monoisotopic (exact) mass is 405 g/mol. The van der Waals surface area contributed by atoms with E-state index >= 15 is 0 Å². The van der Waals surface area contributed by atoms with E-state index < -0.39 is 34.4 Å². The highest BCUT2D eigenvalue weighted by Gasteiger charge is 2.35. The SMILES string of the molecule is O=C(/C=C/c1cccs1)OCC(=O)N(c1ccccc1)[C@@H]1CCS(=O)(=O)C1. The van der Waals surface area contributed by atoms with Crippen molar-refractivity contribution < 1.29 is 22.7 Å². The number of carbonyl (C=O) groups excluding carboxylic acids is 2. The highest BCUT2D eigenvalue weighted by Crippen LogP contribution is 2.24. The first-order valence-corrected chi connectivity index (χ1v) is 11.1. The Morgan fingerprint density at radius 1 is 1.19 bits per heavy atom. The number of hydrogen-bond donors (Lipinski definition) is 0. The Balaban J connectivity index is 1.67. The fraction of sp³-hybridized carbons (Fsp3) is 0.263. The Hall–Kier alpha value is -2.45. The number of anilines is 1. The second kappa shape index (κ2) is 8.49. The average Bonchev–Trinajstić information content (AvgIpc) is 3.29. The summed E-state index contributed by atoms with van der Waals surface area (Å²) in [6.07, 6.45) is 3.26. The van der Waals surface area contributed by atoms with Gasteiger partial charge in [0.2, 0.25) is 0 Å². The van der Waals surface area contributed by atoms with Crippen LogP contribution < -0.4 is 4.90 Å². The third-order valence-electron chi connectivity index (χ3n) is 4.14. The molecule has 1 atom stereocenters. The maximum atomic E-state index is 12.7. The largest absolute Gasteiger partial charge is 0.452 e. The lowest BCUT2D eigenvalue weighted by atomic mass is 10.2. The molecule has 2 heterocycles. The second-order valence-corrected chi connectivity index (χ2v) is 9.32. The van der Waals surface area contributed by atoms with E-state index in [-0.39, 0.29) is 11.5 Å². The number of benzene rings is 1. The van der Waals surface area contributed by atoms with Gasteiger partial charge in [0.15, 0.2) is 16.4 Å². The van der Waals surface area contributed by atoms with Gasteiger partial charge in [0, 0.05) is 16.6 Å². The van der Waals surface area contributed by atoms with Crippen molar-refractivity contribution in [2.75, 3.05) is 23.0 Å². The number of amides is 1. The Morgan fingerprint density at radius 3 is 2.59 bits per heavy atom. The van der Waals surface area contributed by atoms with Gasteiger partial charge < -0.3 is 9.64 Å². The van der Waals surface area contributed by atoms with Crippen LogP contribution in [0.5, 0.6) is 0 Å². The molecule has 0 saturated carbocycles. The van der Waals surface area contributed by atoms with Gasteiger partial charge in [0.25, 0.3) is 5.91 Å². The van der Waals surface area contributed by atoms with Crippen molar-refractivity contribution in [1.29, 1.82) is 0 Å². The van der Waals surface area contributed by atoms with Gasteiger partial charge in [-0.25, -0.2) is 13.2 Å². The molecule has 1 fully saturated rings. The van der Waals surface area contributed by atoms with Crippen molar-refractivity contribution in [2.24, 2.45) is 0 Å². The highest BCUT2D eigenvalue weighted by atomic mass is 32.2. The molecule has 1 aliphatic heterocycles. The number of carbonyl (C=O) groups is 2. The molecular weight excluding hydrogens is 386 g/mol. The fourth-order valence-electron chi connectivity index (χ4n) is 2.91. The molecule has 1 amide bonds. The van der Waals surface area contributed by atoms with Crippen LogP contribution in [0.4, 0.5) is 5.69 Å². The number of sulfone groups is 1. The molecule has 0 unspecified atom stereocenters.